The van der Waals surface area contributed by atoms with Gasteiger partial charge in [-0.05, 0) is 12.1 Å². The van der Waals surface area contributed by atoms with Gasteiger partial charge < -0.3 is 9.05 Å². The summed E-state index contributed by atoms with van der Waals surface area (Å²) in [4.78, 5) is 4.41. The second-order valence-electron chi connectivity index (χ2n) is 3.18. The van der Waals surface area contributed by atoms with Crippen molar-refractivity contribution in [1.82, 2.24) is 15.3 Å². The van der Waals surface area contributed by atoms with E-state index in [2.05, 4.69) is 15.3 Å². The van der Waals surface area contributed by atoms with Crippen LogP contribution in [-0.4, -0.2) is 15.3 Å². The fourth-order valence-corrected chi connectivity index (χ4v) is 1.41. The van der Waals surface area contributed by atoms with Crippen molar-refractivity contribution in [2.75, 3.05) is 0 Å². The fourth-order valence-electron chi connectivity index (χ4n) is 1.41. The van der Waals surface area contributed by atoms with Gasteiger partial charge in [-0.1, -0.05) is 16.4 Å². The molecular weight excluding hydrogens is 206 g/mol. The van der Waals surface area contributed by atoms with Crippen LogP contribution >= 0.6 is 0 Å². The summed E-state index contributed by atoms with van der Waals surface area (Å²) in [5, 5.41) is 7.66. The molecular formula is C11H7N3O2. The molecule has 0 atom stereocenters. The van der Waals surface area contributed by atoms with E-state index in [9.17, 15) is 0 Å². The van der Waals surface area contributed by atoms with Crippen molar-refractivity contribution in [1.29, 1.82) is 0 Å². The van der Waals surface area contributed by atoms with Crippen molar-refractivity contribution < 1.29 is 9.05 Å². The van der Waals surface area contributed by atoms with Gasteiger partial charge in [0.05, 0.1) is 11.4 Å². The minimum atomic E-state index is 0.699. The van der Waals surface area contributed by atoms with E-state index in [4.69, 9.17) is 9.05 Å². The lowest BCUT2D eigenvalue weighted by Crippen LogP contribution is -1.87. The zero-order valence-electron chi connectivity index (χ0n) is 8.20. The van der Waals surface area contributed by atoms with Crippen LogP contribution in [0, 0.1) is 0 Å². The van der Waals surface area contributed by atoms with E-state index in [1.54, 1.807) is 12.1 Å². The molecule has 0 aliphatic heterocycles. The summed E-state index contributed by atoms with van der Waals surface area (Å²) < 4.78 is 9.55. The number of hydrogen-bond acceptors (Lipinski definition) is 5. The van der Waals surface area contributed by atoms with Gasteiger partial charge in [-0.25, -0.2) is 4.98 Å². The molecule has 0 aliphatic rings. The molecule has 0 aliphatic carbocycles. The molecule has 5 nitrogen and oxygen atoms in total. The van der Waals surface area contributed by atoms with Crippen molar-refractivity contribution in [3.8, 4) is 22.8 Å². The zero-order chi connectivity index (χ0) is 10.8. The van der Waals surface area contributed by atoms with Crippen molar-refractivity contribution >= 4 is 0 Å². The summed E-state index contributed by atoms with van der Waals surface area (Å²) in [5.74, 6) is 0. The highest BCUT2D eigenvalue weighted by molar-refractivity contribution is 5.60. The highest BCUT2D eigenvalue weighted by atomic mass is 16.5. The zero-order valence-corrected chi connectivity index (χ0v) is 8.20. The molecule has 3 aromatic rings. The predicted octanol–water partition coefficient (Wildman–Crippen LogP) is 2.39. The van der Waals surface area contributed by atoms with E-state index in [0.29, 0.717) is 11.4 Å². The van der Waals surface area contributed by atoms with Crippen molar-refractivity contribution in [3.05, 3.63) is 42.9 Å². The molecule has 3 heterocycles. The first-order valence-electron chi connectivity index (χ1n) is 4.72. The number of nitrogens with zero attached hydrogens (tertiary/aromatic N) is 3. The molecule has 0 radical (unpaired) electrons. The molecule has 0 fully saturated rings. The normalized spacial score (nSPS) is 10.5. The lowest BCUT2D eigenvalue weighted by molar-refractivity contribution is 0.421. The maximum atomic E-state index is 4.78. The van der Waals surface area contributed by atoms with Gasteiger partial charge in [0.25, 0.3) is 0 Å². The Morgan fingerprint density at radius 1 is 0.688 bits per heavy atom. The van der Waals surface area contributed by atoms with Gasteiger partial charge >= 0.3 is 0 Å². The molecule has 0 N–H and O–H groups in total. The molecule has 0 bridgehead atoms. The van der Waals surface area contributed by atoms with Crippen LogP contribution in [0.15, 0.2) is 51.9 Å². The first kappa shape index (κ1) is 8.84. The monoisotopic (exact) mass is 213 g/mol. The first-order valence-corrected chi connectivity index (χ1v) is 4.72. The molecule has 0 amide bonds. The minimum Gasteiger partial charge on any atom is -0.364 e. The Bertz CT molecular complexity index is 524. The van der Waals surface area contributed by atoms with Gasteiger partial charge in [0.1, 0.15) is 23.9 Å². The topological polar surface area (TPSA) is 65.0 Å². The number of pyridine rings is 1. The van der Waals surface area contributed by atoms with Crippen LogP contribution in [0.2, 0.25) is 0 Å². The van der Waals surface area contributed by atoms with Crippen LogP contribution in [0.4, 0.5) is 0 Å². The Labute approximate surface area is 90.7 Å². The van der Waals surface area contributed by atoms with E-state index < -0.39 is 0 Å². The standard InChI is InChI=1S/C11H7N3O2/c1-2-8(10-4-6-15-13-10)12-9(3-1)11-5-7-16-14-11/h1-7H. The molecule has 5 heteroatoms. The third-order valence-corrected chi connectivity index (χ3v) is 2.15. The van der Waals surface area contributed by atoms with Crippen molar-refractivity contribution in [2.24, 2.45) is 0 Å². The van der Waals surface area contributed by atoms with E-state index in [-0.39, 0.29) is 0 Å². The molecule has 0 spiro atoms. The Balaban J connectivity index is 2.07. The van der Waals surface area contributed by atoms with Crippen LogP contribution in [-0.2, 0) is 0 Å². The summed E-state index contributed by atoms with van der Waals surface area (Å²) >= 11 is 0. The van der Waals surface area contributed by atoms with Gasteiger partial charge in [-0.2, -0.15) is 0 Å². The minimum absolute atomic E-state index is 0.699. The summed E-state index contributed by atoms with van der Waals surface area (Å²) in [7, 11) is 0. The lowest BCUT2D eigenvalue weighted by Gasteiger charge is -1.97. The maximum absolute atomic E-state index is 4.78. The first-order chi connectivity index (χ1) is 7.93. The molecule has 78 valence electrons. The number of hydrogen-bond donors (Lipinski definition) is 0. The second kappa shape index (κ2) is 3.62. The van der Waals surface area contributed by atoms with Crippen LogP contribution in [0.25, 0.3) is 22.8 Å². The van der Waals surface area contributed by atoms with Crippen LogP contribution in [0.3, 0.4) is 0 Å². The summed E-state index contributed by atoms with van der Waals surface area (Å²) in [6.45, 7) is 0. The number of aromatic nitrogens is 3. The molecule has 0 saturated carbocycles. The average Bonchev–Trinajstić information content (AvgIpc) is 3.03. The van der Waals surface area contributed by atoms with Gasteiger partial charge in [-0.3, -0.25) is 0 Å². The van der Waals surface area contributed by atoms with E-state index in [0.717, 1.165) is 11.4 Å². The van der Waals surface area contributed by atoms with Gasteiger partial charge in [0, 0.05) is 12.1 Å². The summed E-state index contributed by atoms with van der Waals surface area (Å²) in [5.41, 5.74) is 2.89. The molecule has 3 rings (SSSR count). The smallest absolute Gasteiger partial charge is 0.132 e. The highest BCUT2D eigenvalue weighted by Gasteiger charge is 2.06. The Morgan fingerprint density at radius 3 is 1.69 bits per heavy atom. The largest absolute Gasteiger partial charge is 0.364 e. The van der Waals surface area contributed by atoms with Gasteiger partial charge in [-0.15, -0.1) is 0 Å². The quantitative estimate of drug-likeness (QED) is 0.653. The van der Waals surface area contributed by atoms with E-state index in [1.165, 1.54) is 12.5 Å². The Hall–Kier alpha value is -2.43. The molecule has 0 aromatic carbocycles. The molecule has 3 aromatic heterocycles. The molecule has 0 saturated heterocycles. The predicted molar refractivity (Wildman–Crippen MR) is 55.2 cm³/mol. The van der Waals surface area contributed by atoms with Crippen molar-refractivity contribution in [3.63, 3.8) is 0 Å². The maximum Gasteiger partial charge on any atom is 0.132 e. The van der Waals surface area contributed by atoms with Crippen molar-refractivity contribution in [2.45, 2.75) is 0 Å². The SMILES string of the molecule is c1cc(-c2ccon2)nc(-c2ccon2)c1. The molecule has 0 unspecified atom stereocenters. The Morgan fingerprint density at radius 2 is 1.25 bits per heavy atom. The third-order valence-electron chi connectivity index (χ3n) is 2.15. The summed E-state index contributed by atoms with van der Waals surface area (Å²) in [6.07, 6.45) is 3.03. The average molecular weight is 213 g/mol. The fraction of sp³-hybridized carbons (Fsp3) is 0. The van der Waals surface area contributed by atoms with E-state index in [1.807, 2.05) is 18.2 Å². The van der Waals surface area contributed by atoms with Crippen LogP contribution in [0.1, 0.15) is 0 Å². The lowest BCUT2D eigenvalue weighted by atomic mass is 10.2. The van der Waals surface area contributed by atoms with Gasteiger partial charge in [0.15, 0.2) is 0 Å². The highest BCUT2D eigenvalue weighted by Crippen LogP contribution is 2.19. The van der Waals surface area contributed by atoms with Gasteiger partial charge in [0.2, 0.25) is 0 Å². The second-order valence-corrected chi connectivity index (χ2v) is 3.18. The van der Waals surface area contributed by atoms with Crippen LogP contribution in [0.5, 0.6) is 0 Å². The van der Waals surface area contributed by atoms with Crippen LogP contribution < -0.4 is 0 Å². The third kappa shape index (κ3) is 1.48. The van der Waals surface area contributed by atoms with E-state index >= 15 is 0 Å². The summed E-state index contributed by atoms with van der Waals surface area (Å²) in [6, 6.07) is 9.13. The molecule has 16 heavy (non-hydrogen) atoms. The Kier molecular flexibility index (Phi) is 2.00. The number of rotatable bonds is 2.